The van der Waals surface area contributed by atoms with Crippen LogP contribution in [-0.2, 0) is 6.54 Å². The number of aromatic nitrogens is 1. The Morgan fingerprint density at radius 1 is 1.32 bits per heavy atom. The first-order chi connectivity index (χ1) is 9.13. The van der Waals surface area contributed by atoms with Gasteiger partial charge in [0.1, 0.15) is 11.0 Å². The predicted molar refractivity (Wildman–Crippen MR) is 66.3 cm³/mol. The molecule has 2 aromatic rings. The molecule has 0 fully saturated rings. The van der Waals surface area contributed by atoms with Crippen molar-refractivity contribution in [3.63, 3.8) is 0 Å². The molecule has 0 aliphatic carbocycles. The molecular formula is C14H10FN2O2+. The third-order valence-electron chi connectivity index (χ3n) is 2.99. The van der Waals surface area contributed by atoms with Crippen LogP contribution in [0.15, 0.2) is 36.7 Å². The number of pyridine rings is 1. The Hall–Kier alpha value is -2.56. The fourth-order valence-electron chi connectivity index (χ4n) is 2.09. The largest absolute Gasteiger partial charge is 0.478 e. The number of rotatable bonds is 3. The molecule has 0 atom stereocenters. The highest BCUT2D eigenvalue weighted by Crippen LogP contribution is 2.02. The van der Waals surface area contributed by atoms with Crippen LogP contribution < -0.4 is 15.2 Å². The highest BCUT2D eigenvalue weighted by Gasteiger charge is 2.17. The molecule has 1 N–H and O–H groups in total. The summed E-state index contributed by atoms with van der Waals surface area (Å²) in [5.74, 6) is -1.30. The molecule has 1 aliphatic rings. The second-order valence-corrected chi connectivity index (χ2v) is 4.35. The van der Waals surface area contributed by atoms with E-state index in [0.29, 0.717) is 6.54 Å². The van der Waals surface area contributed by atoms with Crippen molar-refractivity contribution in [2.45, 2.75) is 6.54 Å². The molecule has 1 aromatic carbocycles. The number of aromatic carboxylic acids is 1. The molecule has 4 nitrogen and oxygen atoms in total. The maximum atomic E-state index is 13.0. The first-order valence-electron chi connectivity index (χ1n) is 5.72. The van der Waals surface area contributed by atoms with E-state index in [9.17, 15) is 9.18 Å². The lowest BCUT2D eigenvalue weighted by Gasteiger charge is -2.05. The smallest absolute Gasteiger partial charge is 0.335 e. The minimum absolute atomic E-state index is 0.266. The van der Waals surface area contributed by atoms with Crippen molar-refractivity contribution in [2.24, 2.45) is 0 Å². The molecule has 5 heteroatoms. The van der Waals surface area contributed by atoms with E-state index in [0.717, 1.165) is 22.3 Å². The first kappa shape index (κ1) is 11.5. The molecular weight excluding hydrogens is 247 g/mol. The maximum Gasteiger partial charge on any atom is 0.335 e. The van der Waals surface area contributed by atoms with Crippen LogP contribution >= 0.6 is 0 Å². The fourth-order valence-corrected chi connectivity index (χ4v) is 2.09. The molecule has 0 amide bonds. The van der Waals surface area contributed by atoms with E-state index in [1.165, 1.54) is 6.07 Å². The lowest BCUT2D eigenvalue weighted by molar-refractivity contribution is 0.0696. The average molecular weight is 257 g/mol. The second kappa shape index (κ2) is 4.28. The van der Waals surface area contributed by atoms with Gasteiger partial charge in [0.25, 0.3) is 0 Å². The van der Waals surface area contributed by atoms with Crippen molar-refractivity contribution < 1.29 is 14.3 Å². The highest BCUT2D eigenvalue weighted by molar-refractivity contribution is 5.87. The molecule has 0 bridgehead atoms. The van der Waals surface area contributed by atoms with Gasteiger partial charge < -0.3 is 5.11 Å². The minimum Gasteiger partial charge on any atom is -0.478 e. The summed E-state index contributed by atoms with van der Waals surface area (Å²) >= 11 is 0. The summed E-state index contributed by atoms with van der Waals surface area (Å²) in [5.41, 5.74) is 1.03. The molecule has 0 radical (unpaired) electrons. The molecule has 2 heterocycles. The Labute approximate surface area is 107 Å². The quantitative estimate of drug-likeness (QED) is 0.808. The van der Waals surface area contributed by atoms with Crippen LogP contribution in [0.3, 0.4) is 0 Å². The van der Waals surface area contributed by atoms with Crippen molar-refractivity contribution in [1.29, 1.82) is 0 Å². The molecule has 0 unspecified atom stereocenters. The van der Waals surface area contributed by atoms with Gasteiger partial charge in [-0.05, 0) is 18.2 Å². The Balaban J connectivity index is 1.93. The number of carboxylic acid groups (broad SMARTS) is 1. The van der Waals surface area contributed by atoms with Gasteiger partial charge in [-0.3, -0.25) is 4.98 Å². The van der Waals surface area contributed by atoms with E-state index >= 15 is 0 Å². The van der Waals surface area contributed by atoms with Gasteiger partial charge in [-0.2, -0.15) is 4.58 Å². The van der Waals surface area contributed by atoms with E-state index in [4.69, 9.17) is 5.11 Å². The summed E-state index contributed by atoms with van der Waals surface area (Å²) in [6.07, 6.45) is 4.61. The SMILES string of the molecule is O=C(O)c1ccc2c(c1)=C[N+]=2Cc1cncc(F)c1. The number of hydrogen-bond acceptors (Lipinski definition) is 2. The predicted octanol–water partition coefficient (Wildman–Crippen LogP) is 0.362. The Bertz CT molecular complexity index is 799. The van der Waals surface area contributed by atoms with Crippen LogP contribution in [0.2, 0.25) is 0 Å². The zero-order chi connectivity index (χ0) is 13.4. The van der Waals surface area contributed by atoms with Crippen molar-refractivity contribution in [3.8, 4) is 0 Å². The summed E-state index contributed by atoms with van der Waals surface area (Å²) in [5, 5.41) is 10.7. The lowest BCUT2D eigenvalue weighted by Crippen LogP contribution is -2.46. The second-order valence-electron chi connectivity index (χ2n) is 4.35. The third-order valence-corrected chi connectivity index (χ3v) is 2.99. The maximum absolute atomic E-state index is 13.0. The van der Waals surface area contributed by atoms with Crippen molar-refractivity contribution in [1.82, 2.24) is 9.56 Å². The third kappa shape index (κ3) is 2.10. The van der Waals surface area contributed by atoms with Gasteiger partial charge in [0.15, 0.2) is 12.7 Å². The van der Waals surface area contributed by atoms with E-state index in [1.54, 1.807) is 24.4 Å². The zero-order valence-electron chi connectivity index (χ0n) is 9.88. The lowest BCUT2D eigenvalue weighted by atomic mass is 10.1. The van der Waals surface area contributed by atoms with Gasteiger partial charge in [-0.15, -0.1) is 0 Å². The number of nitrogens with zero attached hydrogens (tertiary/aromatic N) is 2. The molecule has 1 aliphatic heterocycles. The van der Waals surface area contributed by atoms with E-state index in [-0.39, 0.29) is 11.4 Å². The molecule has 19 heavy (non-hydrogen) atoms. The molecule has 94 valence electrons. The monoisotopic (exact) mass is 257 g/mol. The first-order valence-corrected chi connectivity index (χ1v) is 5.72. The number of halogens is 1. The summed E-state index contributed by atoms with van der Waals surface area (Å²) in [7, 11) is 0. The van der Waals surface area contributed by atoms with Gasteiger partial charge in [-0.25, -0.2) is 9.18 Å². The van der Waals surface area contributed by atoms with Gasteiger partial charge in [-0.1, -0.05) is 0 Å². The number of carboxylic acids is 1. The topological polar surface area (TPSA) is 53.2 Å². The van der Waals surface area contributed by atoms with E-state index < -0.39 is 5.97 Å². The normalized spacial score (nSPS) is 12.4. The van der Waals surface area contributed by atoms with Crippen molar-refractivity contribution in [2.75, 3.05) is 0 Å². The Kier molecular flexibility index (Phi) is 2.59. The molecule has 0 spiro atoms. The zero-order valence-corrected chi connectivity index (χ0v) is 9.88. The molecule has 1 aromatic heterocycles. The Morgan fingerprint density at radius 2 is 2.16 bits per heavy atom. The van der Waals surface area contributed by atoms with Gasteiger partial charge in [0.2, 0.25) is 5.36 Å². The summed E-state index contributed by atoms with van der Waals surface area (Å²) in [6, 6.07) is 6.37. The summed E-state index contributed by atoms with van der Waals surface area (Å²) < 4.78 is 14.9. The summed E-state index contributed by atoms with van der Waals surface area (Å²) in [6.45, 7) is 0.518. The van der Waals surface area contributed by atoms with Gasteiger partial charge in [0, 0.05) is 17.8 Å². The number of benzene rings is 1. The van der Waals surface area contributed by atoms with Crippen LogP contribution in [0, 0.1) is 5.82 Å². The average Bonchev–Trinajstić information content (AvgIpc) is 2.35. The van der Waals surface area contributed by atoms with Crippen LogP contribution in [0.1, 0.15) is 15.9 Å². The molecule has 0 saturated heterocycles. The summed E-state index contributed by atoms with van der Waals surface area (Å²) in [4.78, 5) is 14.6. The van der Waals surface area contributed by atoms with Crippen molar-refractivity contribution in [3.05, 3.63) is 64.2 Å². The van der Waals surface area contributed by atoms with Crippen LogP contribution in [-0.4, -0.2) is 16.1 Å². The van der Waals surface area contributed by atoms with Gasteiger partial charge in [0.05, 0.1) is 11.8 Å². The van der Waals surface area contributed by atoms with Crippen molar-refractivity contribution >= 4 is 12.2 Å². The van der Waals surface area contributed by atoms with Crippen LogP contribution in [0.5, 0.6) is 0 Å². The highest BCUT2D eigenvalue weighted by atomic mass is 19.1. The Morgan fingerprint density at radius 3 is 2.84 bits per heavy atom. The van der Waals surface area contributed by atoms with E-state index in [1.807, 2.05) is 10.8 Å². The number of hydrogen-bond donors (Lipinski definition) is 1. The molecule has 3 rings (SSSR count). The molecule has 0 saturated carbocycles. The number of fused-ring (bicyclic) bond motifs is 1. The number of carbonyl (C=O) groups is 1. The minimum atomic E-state index is -0.941. The van der Waals surface area contributed by atoms with Crippen LogP contribution in [0.25, 0.3) is 6.20 Å². The fraction of sp³-hybridized carbons (Fsp3) is 0.0714. The van der Waals surface area contributed by atoms with Crippen LogP contribution in [0.4, 0.5) is 4.39 Å². The van der Waals surface area contributed by atoms with Gasteiger partial charge >= 0.3 is 5.97 Å². The van der Waals surface area contributed by atoms with E-state index in [2.05, 4.69) is 4.98 Å². The standard InChI is InChI=1S/C14H9FN2O2/c15-12-3-9(5-16-6-12)7-17-8-11-4-10(14(18)19)1-2-13(11)17/h1-6,8H,7H2/p+1.